The lowest BCUT2D eigenvalue weighted by Gasteiger charge is -2.07. The van der Waals surface area contributed by atoms with Crippen LogP contribution in [0, 0.1) is 10.1 Å². The van der Waals surface area contributed by atoms with Crippen LogP contribution in [-0.2, 0) is 0 Å². The first-order valence-corrected chi connectivity index (χ1v) is 11.4. The Bertz CT molecular complexity index is 1250. The number of aromatic nitrogens is 2. The van der Waals surface area contributed by atoms with Crippen molar-refractivity contribution in [1.29, 1.82) is 0 Å². The Morgan fingerprint density at radius 3 is 2.58 bits per heavy atom. The molecule has 4 rings (SSSR count). The Morgan fingerprint density at radius 1 is 1.16 bits per heavy atom. The normalized spacial score (nSPS) is 11.1. The number of nitrogens with one attached hydrogen (secondary N) is 1. The van der Waals surface area contributed by atoms with Crippen LogP contribution >= 0.6 is 34.3 Å². The molecule has 0 aliphatic heterocycles. The SMILES string of the molecule is CC(C)c1ccc(Nc2nc(N)c(-c3nc(-c4ccc(Cl)c([N+](=O)[O-])c4)cs3)s2)cc1. The number of hydrogen-bond acceptors (Lipinski definition) is 8. The van der Waals surface area contributed by atoms with Crippen molar-refractivity contribution in [1.82, 2.24) is 9.97 Å². The molecule has 0 aliphatic carbocycles. The molecule has 31 heavy (non-hydrogen) atoms. The number of hydrogen-bond donors (Lipinski definition) is 2. The molecule has 10 heteroatoms. The van der Waals surface area contributed by atoms with E-state index >= 15 is 0 Å². The smallest absolute Gasteiger partial charge is 0.288 e. The molecular weight excluding hydrogens is 454 g/mol. The molecule has 0 unspecified atom stereocenters. The molecule has 158 valence electrons. The molecule has 0 aliphatic rings. The van der Waals surface area contributed by atoms with E-state index < -0.39 is 4.92 Å². The van der Waals surface area contributed by atoms with Crippen molar-refractivity contribution in [2.45, 2.75) is 19.8 Å². The summed E-state index contributed by atoms with van der Waals surface area (Å²) in [6, 6.07) is 12.8. The van der Waals surface area contributed by atoms with Crippen molar-refractivity contribution in [3.8, 4) is 21.1 Å². The van der Waals surface area contributed by atoms with Crippen LogP contribution in [0.25, 0.3) is 21.1 Å². The van der Waals surface area contributed by atoms with Crippen molar-refractivity contribution >= 4 is 56.6 Å². The first-order valence-electron chi connectivity index (χ1n) is 9.35. The second-order valence-electron chi connectivity index (χ2n) is 7.10. The highest BCUT2D eigenvalue weighted by molar-refractivity contribution is 7.23. The van der Waals surface area contributed by atoms with E-state index in [1.54, 1.807) is 6.07 Å². The first kappa shape index (κ1) is 21.2. The molecule has 0 spiro atoms. The number of thiazole rings is 2. The molecule has 0 fully saturated rings. The van der Waals surface area contributed by atoms with Gasteiger partial charge in [-0.1, -0.05) is 55.0 Å². The van der Waals surface area contributed by atoms with Gasteiger partial charge in [0.05, 0.1) is 10.6 Å². The van der Waals surface area contributed by atoms with Gasteiger partial charge in [-0.25, -0.2) is 9.97 Å². The van der Waals surface area contributed by atoms with Crippen LogP contribution in [0.5, 0.6) is 0 Å². The standard InChI is InChI=1S/C21H18ClN5O2S2/c1-11(2)12-3-6-14(7-4-12)24-21-26-19(23)18(31-21)20-25-16(10-30-20)13-5-8-15(22)17(9-13)27(28)29/h3-11H,23H2,1-2H3,(H,24,26). The summed E-state index contributed by atoms with van der Waals surface area (Å²) in [6.07, 6.45) is 0. The highest BCUT2D eigenvalue weighted by Crippen LogP contribution is 2.40. The van der Waals surface area contributed by atoms with Crippen molar-refractivity contribution in [3.05, 3.63) is 68.5 Å². The van der Waals surface area contributed by atoms with Crippen molar-refractivity contribution in [2.75, 3.05) is 11.1 Å². The Labute approximate surface area is 191 Å². The molecule has 4 aromatic rings. The molecule has 0 saturated carbocycles. The molecule has 0 atom stereocenters. The van der Waals surface area contributed by atoms with Gasteiger partial charge in [0.1, 0.15) is 20.7 Å². The lowest BCUT2D eigenvalue weighted by Crippen LogP contribution is -1.92. The van der Waals surface area contributed by atoms with Crippen LogP contribution in [0.3, 0.4) is 0 Å². The van der Waals surface area contributed by atoms with Crippen LogP contribution in [0.15, 0.2) is 47.8 Å². The van der Waals surface area contributed by atoms with Gasteiger partial charge in [0.25, 0.3) is 5.69 Å². The minimum absolute atomic E-state index is 0.0908. The average molecular weight is 472 g/mol. The number of nitrogens with zero attached hydrogens (tertiary/aromatic N) is 3. The van der Waals surface area contributed by atoms with Gasteiger partial charge in [0, 0.05) is 22.7 Å². The zero-order valence-corrected chi connectivity index (χ0v) is 19.0. The molecule has 0 saturated heterocycles. The van der Waals surface area contributed by atoms with Crippen molar-refractivity contribution in [3.63, 3.8) is 0 Å². The predicted octanol–water partition coefficient (Wildman–Crippen LogP) is 6.94. The van der Waals surface area contributed by atoms with Crippen LogP contribution < -0.4 is 11.1 Å². The molecule has 2 heterocycles. The van der Waals surface area contributed by atoms with Crippen molar-refractivity contribution < 1.29 is 4.92 Å². The van der Waals surface area contributed by atoms with Gasteiger partial charge in [0.2, 0.25) is 0 Å². The zero-order chi connectivity index (χ0) is 22.1. The molecule has 0 radical (unpaired) electrons. The second-order valence-corrected chi connectivity index (χ2v) is 9.36. The predicted molar refractivity (Wildman–Crippen MR) is 129 cm³/mol. The maximum Gasteiger partial charge on any atom is 0.288 e. The minimum atomic E-state index is -0.508. The summed E-state index contributed by atoms with van der Waals surface area (Å²) in [5.41, 5.74) is 9.42. The number of nitrogens with two attached hydrogens (primary N) is 1. The molecule has 2 aromatic heterocycles. The number of anilines is 3. The van der Waals surface area contributed by atoms with E-state index in [4.69, 9.17) is 17.3 Å². The van der Waals surface area contributed by atoms with E-state index in [1.165, 1.54) is 40.4 Å². The fraction of sp³-hybridized carbons (Fsp3) is 0.143. The Hall–Kier alpha value is -3.01. The largest absolute Gasteiger partial charge is 0.382 e. The lowest BCUT2D eigenvalue weighted by molar-refractivity contribution is -0.384. The molecule has 0 bridgehead atoms. The maximum atomic E-state index is 11.2. The molecular formula is C21H18ClN5O2S2. The van der Waals surface area contributed by atoms with E-state index in [0.29, 0.717) is 33.1 Å². The van der Waals surface area contributed by atoms with Gasteiger partial charge in [-0.2, -0.15) is 0 Å². The monoisotopic (exact) mass is 471 g/mol. The summed E-state index contributed by atoms with van der Waals surface area (Å²) in [5.74, 6) is 0.853. The van der Waals surface area contributed by atoms with E-state index in [-0.39, 0.29) is 10.7 Å². The van der Waals surface area contributed by atoms with Gasteiger partial charge in [-0.3, -0.25) is 10.1 Å². The van der Waals surface area contributed by atoms with E-state index in [2.05, 4.69) is 41.3 Å². The van der Waals surface area contributed by atoms with Gasteiger partial charge >= 0.3 is 0 Å². The van der Waals surface area contributed by atoms with Gasteiger partial charge in [-0.05, 0) is 29.7 Å². The number of nitro benzene ring substituents is 1. The number of rotatable bonds is 6. The summed E-state index contributed by atoms with van der Waals surface area (Å²) in [4.78, 5) is 20.4. The third kappa shape index (κ3) is 4.53. The molecule has 2 aromatic carbocycles. The highest BCUT2D eigenvalue weighted by atomic mass is 35.5. The van der Waals surface area contributed by atoms with E-state index in [0.717, 1.165) is 10.6 Å². The van der Waals surface area contributed by atoms with Crippen LogP contribution in [0.1, 0.15) is 25.3 Å². The summed E-state index contributed by atoms with van der Waals surface area (Å²) in [6.45, 7) is 4.31. The number of benzene rings is 2. The summed E-state index contributed by atoms with van der Waals surface area (Å²) >= 11 is 8.72. The average Bonchev–Trinajstić information content (AvgIpc) is 3.35. The number of halogens is 1. The number of nitro groups is 1. The summed E-state index contributed by atoms with van der Waals surface area (Å²) < 4.78 is 0. The number of nitrogen functional groups attached to an aromatic ring is 1. The zero-order valence-electron chi connectivity index (χ0n) is 16.6. The Morgan fingerprint density at radius 2 is 1.90 bits per heavy atom. The van der Waals surface area contributed by atoms with E-state index in [1.807, 2.05) is 17.5 Å². The highest BCUT2D eigenvalue weighted by Gasteiger charge is 2.18. The quantitative estimate of drug-likeness (QED) is 0.233. The second kappa shape index (κ2) is 8.62. The van der Waals surface area contributed by atoms with Gasteiger partial charge < -0.3 is 11.1 Å². The van der Waals surface area contributed by atoms with Crippen molar-refractivity contribution in [2.24, 2.45) is 0 Å². The minimum Gasteiger partial charge on any atom is -0.382 e. The topological polar surface area (TPSA) is 107 Å². The fourth-order valence-corrected chi connectivity index (χ4v) is 4.96. The van der Waals surface area contributed by atoms with E-state index in [9.17, 15) is 10.1 Å². The first-order chi connectivity index (χ1) is 14.8. The van der Waals surface area contributed by atoms with Gasteiger partial charge in [0.15, 0.2) is 5.13 Å². The van der Waals surface area contributed by atoms with Crippen LogP contribution in [0.2, 0.25) is 5.02 Å². The maximum absolute atomic E-state index is 11.2. The Kier molecular flexibility index (Phi) is 5.90. The van der Waals surface area contributed by atoms with Crippen LogP contribution in [0.4, 0.5) is 22.3 Å². The third-order valence-electron chi connectivity index (χ3n) is 4.62. The fourth-order valence-electron chi connectivity index (χ4n) is 2.94. The van der Waals surface area contributed by atoms with Gasteiger partial charge in [-0.15, -0.1) is 11.3 Å². The summed E-state index contributed by atoms with van der Waals surface area (Å²) in [5, 5.41) is 17.7. The Balaban J connectivity index is 1.58. The lowest BCUT2D eigenvalue weighted by atomic mass is 10.0. The molecule has 0 amide bonds. The molecule has 3 N–H and O–H groups in total. The third-order valence-corrected chi connectivity index (χ3v) is 6.92. The molecule has 7 nitrogen and oxygen atoms in total. The van der Waals surface area contributed by atoms with Crippen LogP contribution in [-0.4, -0.2) is 14.9 Å². The summed E-state index contributed by atoms with van der Waals surface area (Å²) in [7, 11) is 0.